The fourth-order valence-corrected chi connectivity index (χ4v) is 13.9. The van der Waals surface area contributed by atoms with Gasteiger partial charge in [-0.3, -0.25) is 28.8 Å². The van der Waals surface area contributed by atoms with Crippen LogP contribution >= 0.6 is 79.4 Å². The number of allylic oxidation sites excluding steroid dienone is 2. The van der Waals surface area contributed by atoms with E-state index in [0.29, 0.717) is 64.1 Å². The molecule has 8 aromatic rings. The van der Waals surface area contributed by atoms with Crippen molar-refractivity contribution in [1.82, 2.24) is 71.8 Å². The molecule has 1 aliphatic rings. The summed E-state index contributed by atoms with van der Waals surface area (Å²) in [7, 11) is 0. The summed E-state index contributed by atoms with van der Waals surface area (Å²) >= 11 is 8.14. The number of hydrogen-bond acceptors (Lipinski definition) is 24. The Kier molecular flexibility index (Phi) is 18.2. The van der Waals surface area contributed by atoms with Crippen LogP contribution in [0.4, 0.5) is 0 Å². The van der Waals surface area contributed by atoms with Crippen LogP contribution in [0.1, 0.15) is 139 Å². The summed E-state index contributed by atoms with van der Waals surface area (Å²) in [5.41, 5.74) is 2.49. The van der Waals surface area contributed by atoms with E-state index in [1.165, 1.54) is 66.2 Å². The molecule has 0 aliphatic carbocycles. The highest BCUT2D eigenvalue weighted by Gasteiger charge is 2.31. The van der Waals surface area contributed by atoms with E-state index >= 15 is 0 Å². The van der Waals surface area contributed by atoms with Crippen LogP contribution < -0.4 is 31.9 Å². The first-order valence-corrected chi connectivity index (χ1v) is 30.9. The summed E-state index contributed by atoms with van der Waals surface area (Å²) in [6.45, 7) is 11.6. The van der Waals surface area contributed by atoms with Crippen molar-refractivity contribution >= 4 is 120 Å². The van der Waals surface area contributed by atoms with Gasteiger partial charge in [-0.25, -0.2) is 39.9 Å². The molecule has 6 amide bonds. The van der Waals surface area contributed by atoms with Crippen LogP contribution in [0.2, 0.25) is 0 Å². The van der Waals surface area contributed by atoms with E-state index in [4.69, 9.17) is 19.9 Å². The first kappa shape index (κ1) is 58.4. The van der Waals surface area contributed by atoms with E-state index < -0.39 is 71.9 Å². The molecule has 0 aromatic carbocycles. The van der Waals surface area contributed by atoms with Crippen molar-refractivity contribution in [2.24, 2.45) is 5.92 Å². The largest absolute Gasteiger partial charge is 0.392 e. The number of carbonyl (C=O) groups excluding carboxylic acids is 6. The summed E-state index contributed by atoms with van der Waals surface area (Å²) in [6.07, 6.45) is -0.0102. The number of fused-ring (bicyclic) bond motifs is 13. The van der Waals surface area contributed by atoms with Gasteiger partial charge in [0.1, 0.15) is 98.4 Å². The Morgan fingerprint density at radius 2 is 1.04 bits per heavy atom. The van der Waals surface area contributed by atoms with Gasteiger partial charge in [-0.2, -0.15) is 0 Å². The maximum atomic E-state index is 14.0. The molecule has 8 aromatic heterocycles. The van der Waals surface area contributed by atoms with Crippen molar-refractivity contribution in [2.75, 3.05) is 6.54 Å². The van der Waals surface area contributed by atoms with Gasteiger partial charge in [-0.05, 0) is 52.7 Å². The highest BCUT2D eigenvalue weighted by Crippen LogP contribution is 2.39. The number of amides is 6. The second-order valence-corrected chi connectivity index (χ2v) is 24.5. The molecule has 23 nitrogen and oxygen atoms in total. The number of thiazole rings is 7. The van der Waals surface area contributed by atoms with Gasteiger partial charge < -0.3 is 47.2 Å². The predicted molar refractivity (Wildman–Crippen MR) is 311 cm³/mol. The summed E-state index contributed by atoms with van der Waals surface area (Å²) < 4.78 is 0. The SMILES string of the molecule is C/C=C1\NC(=O)c2csc(n2)C(C(C)O)NC(=O)c2csc(n2)-c2ccc(-c3nc(-c4nc(C(=O)N/C(=C/C)C(=O)NCC(C)O)cs4)cs3)nc2-c2csc(n2)C(C(C)O)NC(=O)c2csc(n2)C(C(C)C)NC(=O)c2csc1n2. The highest BCUT2D eigenvalue weighted by molar-refractivity contribution is 7.15. The molecule has 9 rings (SSSR count). The number of hydrogen-bond donors (Lipinski definition) is 9. The molecule has 1 aliphatic heterocycles. The molecular weight excluding hydrogens is 1180 g/mol. The average molecular weight is 1230 g/mol. The van der Waals surface area contributed by atoms with Gasteiger partial charge in [0.05, 0.1) is 35.7 Å². The van der Waals surface area contributed by atoms with Crippen LogP contribution in [0.3, 0.4) is 0 Å². The number of carbonyl (C=O) groups is 6. The van der Waals surface area contributed by atoms with Crippen LogP contribution in [0.15, 0.2) is 67.6 Å². The van der Waals surface area contributed by atoms with Crippen LogP contribution in [-0.2, 0) is 4.79 Å². The number of aliphatic hydroxyl groups excluding tert-OH is 3. The number of nitrogens with one attached hydrogen (secondary N) is 6. The Balaban J connectivity index is 1.06. The van der Waals surface area contributed by atoms with Gasteiger partial charge in [0.15, 0.2) is 0 Å². The maximum Gasteiger partial charge on any atom is 0.275 e. The summed E-state index contributed by atoms with van der Waals surface area (Å²) in [6, 6.07) is 0.787. The molecule has 10 bridgehead atoms. The third kappa shape index (κ3) is 13.3. The third-order valence-electron chi connectivity index (χ3n) is 11.9. The van der Waals surface area contributed by atoms with Crippen LogP contribution in [0, 0.1) is 5.92 Å². The molecule has 9 N–H and O–H groups in total. The molecule has 0 saturated heterocycles. The van der Waals surface area contributed by atoms with Gasteiger partial charge >= 0.3 is 0 Å². The Labute approximate surface area is 489 Å². The molecule has 420 valence electrons. The molecule has 30 heteroatoms. The lowest BCUT2D eigenvalue weighted by Crippen LogP contribution is -2.37. The van der Waals surface area contributed by atoms with Gasteiger partial charge in [0.2, 0.25) is 0 Å². The highest BCUT2D eigenvalue weighted by atomic mass is 32.1. The van der Waals surface area contributed by atoms with Crippen molar-refractivity contribution in [3.05, 3.63) is 116 Å². The maximum absolute atomic E-state index is 14.0. The van der Waals surface area contributed by atoms with Gasteiger partial charge in [0, 0.05) is 49.8 Å². The fourth-order valence-electron chi connectivity index (χ4n) is 7.70. The Morgan fingerprint density at radius 3 is 1.63 bits per heavy atom. The third-order valence-corrected chi connectivity index (χ3v) is 18.2. The Hall–Kier alpha value is -7.26. The molecule has 9 heterocycles. The summed E-state index contributed by atoms with van der Waals surface area (Å²) in [5, 5.41) is 62.2. The zero-order chi connectivity index (χ0) is 57.8. The van der Waals surface area contributed by atoms with Crippen molar-refractivity contribution in [3.63, 3.8) is 0 Å². The normalized spacial score (nSPS) is 18.1. The molecule has 0 radical (unpaired) electrons. The Bertz CT molecular complexity index is 3730. The molecule has 0 spiro atoms. The Morgan fingerprint density at radius 1 is 0.556 bits per heavy atom. The lowest BCUT2D eigenvalue weighted by molar-refractivity contribution is -0.118. The molecule has 6 atom stereocenters. The molecular formula is C51H50N14O9S7. The quantitative estimate of drug-likeness (QED) is 0.0622. The van der Waals surface area contributed by atoms with E-state index in [-0.39, 0.29) is 51.6 Å². The number of aromatic nitrogens is 8. The van der Waals surface area contributed by atoms with Crippen LogP contribution in [0.25, 0.3) is 49.1 Å². The minimum absolute atomic E-state index is 0.00253. The minimum Gasteiger partial charge on any atom is -0.392 e. The van der Waals surface area contributed by atoms with Crippen molar-refractivity contribution in [3.8, 4) is 43.4 Å². The van der Waals surface area contributed by atoms with Gasteiger partial charge in [-0.15, -0.1) is 79.4 Å². The molecule has 81 heavy (non-hydrogen) atoms. The van der Waals surface area contributed by atoms with Crippen LogP contribution in [0.5, 0.6) is 0 Å². The van der Waals surface area contributed by atoms with Crippen molar-refractivity contribution in [2.45, 2.75) is 84.9 Å². The summed E-state index contributed by atoms with van der Waals surface area (Å²) in [4.78, 5) is 119. The van der Waals surface area contributed by atoms with E-state index in [2.05, 4.69) is 51.8 Å². The van der Waals surface area contributed by atoms with Gasteiger partial charge in [0.25, 0.3) is 35.4 Å². The minimum atomic E-state index is -1.16. The number of aliphatic hydroxyl groups is 3. The number of pyridine rings is 1. The first-order valence-electron chi connectivity index (χ1n) is 24.7. The molecule has 0 saturated carbocycles. The zero-order valence-corrected chi connectivity index (χ0v) is 49.5. The second-order valence-electron chi connectivity index (χ2n) is 18.4. The lowest BCUT2D eigenvalue weighted by Gasteiger charge is -2.20. The van der Waals surface area contributed by atoms with E-state index in [9.17, 15) is 44.1 Å². The number of nitrogens with zero attached hydrogens (tertiary/aromatic N) is 8. The molecule has 6 unspecified atom stereocenters. The summed E-state index contributed by atoms with van der Waals surface area (Å²) in [5.74, 6) is -3.70. The van der Waals surface area contributed by atoms with Crippen LogP contribution in [-0.4, -0.2) is 115 Å². The van der Waals surface area contributed by atoms with Crippen molar-refractivity contribution in [1.29, 1.82) is 0 Å². The fraction of sp³-hybridized carbons (Fsp3) is 0.294. The van der Waals surface area contributed by atoms with E-state index in [1.54, 1.807) is 64.3 Å². The predicted octanol–water partition coefficient (Wildman–Crippen LogP) is 7.01. The standard InChI is InChI=1S/C51H50N14O9S7/c1-8-25(39(69)52-12-21(5)66)54-40(70)29-15-77-48(59-29)34-19-78-47(62-34)27-11-10-24-38(53-27)28-13-79-50(56-28)36(22(6)67)64-44(74)33-18-80-49(60-33)35(20(3)4)63-42(72)32-16-76-46(58-32)26(9-2)55-41(71)30-17-81-51(61-30)37(23(7)68)65-43(73)31-14-75-45(24)57-31/h8-11,13-23,35-37,66-68H,12H2,1-7H3,(H,52,69)(H,54,70)(H,55,71)(H,63,72)(H,64,74)(H,65,73)/b25-8+,26-9-. The van der Waals surface area contributed by atoms with Gasteiger partial charge in [-0.1, -0.05) is 26.0 Å². The zero-order valence-electron chi connectivity index (χ0n) is 43.8. The van der Waals surface area contributed by atoms with E-state index in [1.807, 2.05) is 13.8 Å². The topological polar surface area (TPSA) is 338 Å². The monoisotopic (exact) mass is 1230 g/mol. The van der Waals surface area contributed by atoms with E-state index in [0.717, 1.165) is 45.3 Å². The average Bonchev–Trinajstić information content (AvgIpc) is 4.38. The number of rotatable bonds is 10. The first-order chi connectivity index (χ1) is 38.8. The lowest BCUT2D eigenvalue weighted by atomic mass is 10.1. The molecule has 0 fully saturated rings. The van der Waals surface area contributed by atoms with Crippen molar-refractivity contribution < 1.29 is 44.1 Å². The smallest absolute Gasteiger partial charge is 0.275 e. The second kappa shape index (κ2) is 25.3.